The first-order chi connectivity index (χ1) is 11.7. The Balaban J connectivity index is 0.000000172. The van der Waals surface area contributed by atoms with Crippen LogP contribution >= 0.6 is 0 Å². The van der Waals surface area contributed by atoms with Gasteiger partial charge in [-0.2, -0.15) is 0 Å². The number of hydrogen-bond acceptors (Lipinski definition) is 3. The van der Waals surface area contributed by atoms with Gasteiger partial charge in [0.15, 0.2) is 0 Å². The Morgan fingerprint density at radius 2 is 1.38 bits per heavy atom. The summed E-state index contributed by atoms with van der Waals surface area (Å²) < 4.78 is 0. The van der Waals surface area contributed by atoms with E-state index >= 15 is 0 Å². The third-order valence-electron chi connectivity index (χ3n) is 2.98. The topological polar surface area (TPSA) is 58.3 Å². The molecule has 0 saturated heterocycles. The van der Waals surface area contributed by atoms with E-state index in [1.54, 1.807) is 24.3 Å². The number of fused-ring (bicyclic) bond motifs is 2. The molecule has 0 amide bonds. The Morgan fingerprint density at radius 1 is 0.792 bits per heavy atom. The van der Waals surface area contributed by atoms with E-state index in [9.17, 15) is 0 Å². The standard InChI is InChI=1S/C7H7N.C6H7N.C6H6O.C2H6/c1-2-6-4-7(3-1)8-5-6;2*7-6-4-2-1-3-5-6;1-2/h1-4,8H,5H2;1-5H,7H2;1-5,7H;1-2H3. The molecule has 0 atom stereocenters. The number of rotatable bonds is 0. The molecule has 4 rings (SSSR count). The smallest absolute Gasteiger partial charge is 0.115 e. The average molecular weight is 322 g/mol. The lowest BCUT2D eigenvalue weighted by Gasteiger charge is -1.87. The molecular weight excluding hydrogens is 296 g/mol. The molecule has 1 heterocycles. The molecule has 3 nitrogen and oxygen atoms in total. The monoisotopic (exact) mass is 322 g/mol. The van der Waals surface area contributed by atoms with Crippen molar-refractivity contribution in [3.8, 4) is 5.75 Å². The third-order valence-corrected chi connectivity index (χ3v) is 2.98. The number of aromatic hydroxyl groups is 1. The van der Waals surface area contributed by atoms with E-state index in [2.05, 4.69) is 29.6 Å². The van der Waals surface area contributed by atoms with Gasteiger partial charge in [0, 0.05) is 17.9 Å². The number of benzene rings is 3. The maximum atomic E-state index is 8.63. The number of hydrogen-bond donors (Lipinski definition) is 3. The van der Waals surface area contributed by atoms with Gasteiger partial charge in [0.1, 0.15) is 5.75 Å². The van der Waals surface area contributed by atoms with Crippen LogP contribution in [0.1, 0.15) is 19.4 Å². The molecule has 0 unspecified atom stereocenters. The quantitative estimate of drug-likeness (QED) is 0.492. The van der Waals surface area contributed by atoms with Crippen molar-refractivity contribution in [1.82, 2.24) is 0 Å². The average Bonchev–Trinajstić information content (AvgIpc) is 2.97. The van der Waals surface area contributed by atoms with Crippen molar-refractivity contribution in [1.29, 1.82) is 0 Å². The summed E-state index contributed by atoms with van der Waals surface area (Å²) in [6, 6.07) is 26.6. The van der Waals surface area contributed by atoms with Gasteiger partial charge in [-0.25, -0.2) is 0 Å². The molecule has 0 fully saturated rings. The predicted octanol–water partition coefficient (Wildman–Crippen LogP) is 5.30. The summed E-state index contributed by atoms with van der Waals surface area (Å²) in [6.07, 6.45) is 0. The maximum Gasteiger partial charge on any atom is 0.115 e. The zero-order chi connectivity index (χ0) is 17.6. The lowest BCUT2D eigenvalue weighted by Crippen LogP contribution is -1.85. The minimum absolute atomic E-state index is 0.322. The number of phenolic OH excluding ortho intramolecular Hbond substituents is 1. The highest BCUT2D eigenvalue weighted by Crippen LogP contribution is 2.17. The van der Waals surface area contributed by atoms with E-state index in [-0.39, 0.29) is 0 Å². The lowest BCUT2D eigenvalue weighted by molar-refractivity contribution is 0.475. The first kappa shape index (κ1) is 19.1. The molecule has 3 aromatic carbocycles. The van der Waals surface area contributed by atoms with Gasteiger partial charge in [-0.3, -0.25) is 0 Å². The molecule has 126 valence electrons. The molecule has 2 bridgehead atoms. The minimum atomic E-state index is 0.322. The van der Waals surface area contributed by atoms with Crippen molar-refractivity contribution in [2.75, 3.05) is 11.1 Å². The van der Waals surface area contributed by atoms with Gasteiger partial charge in [-0.15, -0.1) is 0 Å². The normalized spacial score (nSPS) is 9.75. The molecule has 3 aromatic rings. The molecule has 1 aliphatic rings. The highest BCUT2D eigenvalue weighted by molar-refractivity contribution is 5.51. The van der Waals surface area contributed by atoms with Crippen LogP contribution in [0, 0.1) is 0 Å². The van der Waals surface area contributed by atoms with E-state index in [0.29, 0.717) is 5.75 Å². The van der Waals surface area contributed by atoms with Crippen molar-refractivity contribution >= 4 is 11.4 Å². The lowest BCUT2D eigenvalue weighted by atomic mass is 10.2. The summed E-state index contributed by atoms with van der Waals surface area (Å²) in [5, 5.41) is 11.9. The van der Waals surface area contributed by atoms with E-state index < -0.39 is 0 Å². The van der Waals surface area contributed by atoms with Crippen LogP contribution in [-0.4, -0.2) is 5.11 Å². The van der Waals surface area contributed by atoms with Crippen molar-refractivity contribution in [3.63, 3.8) is 0 Å². The summed E-state index contributed by atoms with van der Waals surface area (Å²) in [5.74, 6) is 0.322. The molecule has 4 N–H and O–H groups in total. The minimum Gasteiger partial charge on any atom is -0.508 e. The van der Waals surface area contributed by atoms with Gasteiger partial charge in [0.25, 0.3) is 0 Å². The molecule has 24 heavy (non-hydrogen) atoms. The van der Waals surface area contributed by atoms with Gasteiger partial charge in [-0.05, 0) is 42.0 Å². The van der Waals surface area contributed by atoms with Gasteiger partial charge in [-0.1, -0.05) is 62.4 Å². The second kappa shape index (κ2) is 11.6. The Labute approximate surface area is 144 Å². The van der Waals surface area contributed by atoms with Crippen LogP contribution in [0.15, 0.2) is 84.9 Å². The zero-order valence-electron chi connectivity index (χ0n) is 14.3. The van der Waals surface area contributed by atoms with E-state index in [1.807, 2.05) is 50.2 Å². The van der Waals surface area contributed by atoms with E-state index in [1.165, 1.54) is 11.3 Å². The van der Waals surface area contributed by atoms with Crippen LogP contribution in [0.4, 0.5) is 11.4 Å². The second-order valence-electron chi connectivity index (χ2n) is 4.80. The molecule has 0 aliphatic carbocycles. The summed E-state index contributed by atoms with van der Waals surface area (Å²) in [6.45, 7) is 5.02. The van der Waals surface area contributed by atoms with E-state index in [0.717, 1.165) is 12.2 Å². The maximum absolute atomic E-state index is 8.63. The van der Waals surface area contributed by atoms with Gasteiger partial charge in [0.05, 0.1) is 0 Å². The van der Waals surface area contributed by atoms with Gasteiger partial charge < -0.3 is 16.2 Å². The summed E-state index contributed by atoms with van der Waals surface area (Å²) in [4.78, 5) is 0. The summed E-state index contributed by atoms with van der Waals surface area (Å²) in [5.41, 5.74) is 8.82. The Kier molecular flexibility index (Phi) is 9.24. The highest BCUT2D eigenvalue weighted by Gasteiger charge is 2.00. The number of phenols is 1. The predicted molar refractivity (Wildman–Crippen MR) is 104 cm³/mol. The number of nitrogen functional groups attached to an aromatic ring is 1. The number of para-hydroxylation sites is 2. The fourth-order valence-electron chi connectivity index (χ4n) is 1.88. The van der Waals surface area contributed by atoms with E-state index in [4.69, 9.17) is 10.8 Å². The number of anilines is 2. The number of nitrogens with one attached hydrogen (secondary N) is 1. The van der Waals surface area contributed by atoms with Crippen LogP contribution in [0.25, 0.3) is 0 Å². The van der Waals surface area contributed by atoms with Gasteiger partial charge >= 0.3 is 0 Å². The first-order valence-corrected chi connectivity index (χ1v) is 8.11. The van der Waals surface area contributed by atoms with Gasteiger partial charge in [0.2, 0.25) is 0 Å². The van der Waals surface area contributed by atoms with Crippen molar-refractivity contribution in [2.24, 2.45) is 0 Å². The fraction of sp³-hybridized carbons (Fsp3) is 0.143. The fourth-order valence-corrected chi connectivity index (χ4v) is 1.88. The van der Waals surface area contributed by atoms with Crippen LogP contribution < -0.4 is 11.1 Å². The zero-order valence-corrected chi connectivity index (χ0v) is 14.3. The molecule has 0 saturated carbocycles. The summed E-state index contributed by atoms with van der Waals surface area (Å²) in [7, 11) is 0. The third kappa shape index (κ3) is 7.90. The van der Waals surface area contributed by atoms with Crippen molar-refractivity contribution in [3.05, 3.63) is 90.5 Å². The summed E-state index contributed by atoms with van der Waals surface area (Å²) >= 11 is 0. The van der Waals surface area contributed by atoms with Crippen LogP contribution in [-0.2, 0) is 6.54 Å². The van der Waals surface area contributed by atoms with Crippen LogP contribution in [0.5, 0.6) is 5.75 Å². The Morgan fingerprint density at radius 3 is 1.75 bits per heavy atom. The largest absolute Gasteiger partial charge is 0.508 e. The Hall–Kier alpha value is -2.94. The number of nitrogens with two attached hydrogens (primary N) is 1. The second-order valence-corrected chi connectivity index (χ2v) is 4.80. The first-order valence-electron chi connectivity index (χ1n) is 8.11. The molecule has 1 aliphatic heterocycles. The Bertz CT molecular complexity index is 613. The SMILES string of the molecule is CC.Nc1ccccc1.Oc1ccccc1.c1cc2cc(c1)NC2. The molecule has 0 spiro atoms. The molecule has 0 radical (unpaired) electrons. The molecule has 0 aromatic heterocycles. The van der Waals surface area contributed by atoms with Crippen molar-refractivity contribution in [2.45, 2.75) is 20.4 Å². The molecular formula is C21H26N2O. The van der Waals surface area contributed by atoms with Crippen LogP contribution in [0.3, 0.4) is 0 Å². The molecule has 3 heteroatoms. The highest BCUT2D eigenvalue weighted by atomic mass is 16.3. The van der Waals surface area contributed by atoms with Crippen molar-refractivity contribution < 1.29 is 5.11 Å². The van der Waals surface area contributed by atoms with Crippen LogP contribution in [0.2, 0.25) is 0 Å².